The van der Waals surface area contributed by atoms with Crippen LogP contribution in [0.25, 0.3) is 0 Å². The first-order valence-corrected chi connectivity index (χ1v) is 7.79. The number of nitrogens with one attached hydrogen (secondary N) is 1. The normalized spacial score (nSPS) is 11.8. The summed E-state index contributed by atoms with van der Waals surface area (Å²) in [5.41, 5.74) is 0.669. The van der Waals surface area contributed by atoms with Gasteiger partial charge in [-0.1, -0.05) is 19.8 Å². The van der Waals surface area contributed by atoms with Gasteiger partial charge in [0.15, 0.2) is 0 Å². The van der Waals surface area contributed by atoms with Crippen molar-refractivity contribution in [3.05, 3.63) is 23.8 Å². The van der Waals surface area contributed by atoms with Crippen LogP contribution < -0.4 is 14.8 Å². The number of hydrogen-bond acceptors (Lipinski definition) is 4. The van der Waals surface area contributed by atoms with Gasteiger partial charge >= 0.3 is 0 Å². The minimum atomic E-state index is -0.734. The van der Waals surface area contributed by atoms with Crippen LogP contribution in [0.4, 0.5) is 0 Å². The van der Waals surface area contributed by atoms with Gasteiger partial charge in [0.1, 0.15) is 11.5 Å². The first-order valence-electron chi connectivity index (χ1n) is 7.79. The zero-order chi connectivity index (χ0) is 16.4. The lowest BCUT2D eigenvalue weighted by Gasteiger charge is -2.15. The second kappa shape index (κ2) is 10.1. The molecule has 0 bridgehead atoms. The maximum atomic E-state index is 11.7. The van der Waals surface area contributed by atoms with Gasteiger partial charge in [0.05, 0.1) is 20.3 Å². The standard InChI is InChI=1S/C17H27NO4/c1-4-5-6-11-18-17(20)10-9-15(19)14-8-7-13(21-2)12-16(14)22-3/h7-8,12,15,19H,4-6,9-11H2,1-3H3,(H,18,20). The van der Waals surface area contributed by atoms with Crippen LogP contribution in [-0.2, 0) is 4.79 Å². The fraction of sp³-hybridized carbons (Fsp3) is 0.588. The average molecular weight is 309 g/mol. The molecular formula is C17H27NO4. The predicted octanol–water partition coefficient (Wildman–Crippen LogP) is 2.82. The number of rotatable bonds is 10. The summed E-state index contributed by atoms with van der Waals surface area (Å²) in [5, 5.41) is 13.1. The average Bonchev–Trinajstić information content (AvgIpc) is 2.55. The number of unbranched alkanes of at least 4 members (excludes halogenated alkanes) is 2. The van der Waals surface area contributed by atoms with Crippen LogP contribution in [0.1, 0.15) is 50.7 Å². The molecule has 5 nitrogen and oxygen atoms in total. The zero-order valence-electron chi connectivity index (χ0n) is 13.7. The SMILES string of the molecule is CCCCCNC(=O)CCC(O)c1ccc(OC)cc1OC. The highest BCUT2D eigenvalue weighted by atomic mass is 16.5. The van der Waals surface area contributed by atoms with E-state index in [4.69, 9.17) is 9.47 Å². The van der Waals surface area contributed by atoms with Crippen LogP contribution in [0.5, 0.6) is 11.5 Å². The van der Waals surface area contributed by atoms with E-state index in [-0.39, 0.29) is 5.91 Å². The number of methoxy groups -OCH3 is 2. The lowest BCUT2D eigenvalue weighted by atomic mass is 10.0. The molecule has 22 heavy (non-hydrogen) atoms. The summed E-state index contributed by atoms with van der Waals surface area (Å²) in [7, 11) is 3.12. The summed E-state index contributed by atoms with van der Waals surface area (Å²) in [6.45, 7) is 2.83. The Hall–Kier alpha value is -1.75. The second-order valence-corrected chi connectivity index (χ2v) is 5.22. The van der Waals surface area contributed by atoms with Gasteiger partial charge in [-0.25, -0.2) is 0 Å². The van der Waals surface area contributed by atoms with Gasteiger partial charge in [-0.2, -0.15) is 0 Å². The number of carbonyl (C=O) groups excluding carboxylic acids is 1. The molecule has 0 fully saturated rings. The molecule has 0 aliphatic carbocycles. The molecule has 0 heterocycles. The van der Waals surface area contributed by atoms with Crippen molar-refractivity contribution >= 4 is 5.91 Å². The molecule has 0 radical (unpaired) electrons. The fourth-order valence-electron chi connectivity index (χ4n) is 2.21. The van der Waals surface area contributed by atoms with Gasteiger partial charge in [-0.05, 0) is 25.0 Å². The number of amides is 1. The molecule has 1 amide bonds. The van der Waals surface area contributed by atoms with Crippen molar-refractivity contribution in [2.75, 3.05) is 20.8 Å². The van der Waals surface area contributed by atoms with E-state index >= 15 is 0 Å². The Bertz CT molecular complexity index is 462. The van der Waals surface area contributed by atoms with Crippen molar-refractivity contribution in [1.82, 2.24) is 5.32 Å². The van der Waals surface area contributed by atoms with Crippen LogP contribution in [0.2, 0.25) is 0 Å². The minimum Gasteiger partial charge on any atom is -0.497 e. The summed E-state index contributed by atoms with van der Waals surface area (Å²) in [6.07, 6.45) is 3.17. The third-order valence-corrected chi connectivity index (χ3v) is 3.55. The highest BCUT2D eigenvalue weighted by Gasteiger charge is 2.15. The number of ether oxygens (including phenoxy) is 2. The maximum Gasteiger partial charge on any atom is 0.220 e. The molecule has 2 N–H and O–H groups in total. The lowest BCUT2D eigenvalue weighted by molar-refractivity contribution is -0.121. The Morgan fingerprint density at radius 1 is 1.27 bits per heavy atom. The van der Waals surface area contributed by atoms with Crippen LogP contribution in [0.3, 0.4) is 0 Å². The number of aliphatic hydroxyl groups is 1. The fourth-order valence-corrected chi connectivity index (χ4v) is 2.21. The second-order valence-electron chi connectivity index (χ2n) is 5.22. The van der Waals surface area contributed by atoms with Gasteiger partial charge in [-0.15, -0.1) is 0 Å². The van der Waals surface area contributed by atoms with Crippen LogP contribution in [0.15, 0.2) is 18.2 Å². The first-order chi connectivity index (χ1) is 10.6. The molecule has 0 aliphatic rings. The van der Waals surface area contributed by atoms with E-state index in [1.807, 2.05) is 0 Å². The predicted molar refractivity (Wildman–Crippen MR) is 86.3 cm³/mol. The van der Waals surface area contributed by atoms with E-state index in [2.05, 4.69) is 12.2 Å². The zero-order valence-corrected chi connectivity index (χ0v) is 13.7. The van der Waals surface area contributed by atoms with Crippen molar-refractivity contribution in [1.29, 1.82) is 0 Å². The highest BCUT2D eigenvalue weighted by molar-refractivity contribution is 5.75. The molecule has 0 saturated carbocycles. The summed E-state index contributed by atoms with van der Waals surface area (Å²) >= 11 is 0. The summed E-state index contributed by atoms with van der Waals surface area (Å²) < 4.78 is 10.4. The van der Waals surface area contributed by atoms with Gasteiger partial charge in [0.25, 0.3) is 0 Å². The smallest absolute Gasteiger partial charge is 0.220 e. The van der Waals surface area contributed by atoms with E-state index < -0.39 is 6.10 Å². The first kappa shape index (κ1) is 18.3. The number of benzene rings is 1. The Kier molecular flexibility index (Phi) is 8.36. The molecule has 1 atom stereocenters. The van der Waals surface area contributed by atoms with Gasteiger partial charge in [0, 0.05) is 24.6 Å². The molecule has 124 valence electrons. The maximum absolute atomic E-state index is 11.7. The topological polar surface area (TPSA) is 67.8 Å². The van der Waals surface area contributed by atoms with Gasteiger partial charge < -0.3 is 19.9 Å². The van der Waals surface area contributed by atoms with Gasteiger partial charge in [-0.3, -0.25) is 4.79 Å². The van der Waals surface area contributed by atoms with E-state index in [0.717, 1.165) is 19.3 Å². The Labute approximate surface area is 132 Å². The Balaban J connectivity index is 2.48. The minimum absolute atomic E-state index is 0.0253. The molecular weight excluding hydrogens is 282 g/mol. The van der Waals surface area contributed by atoms with Crippen molar-refractivity contribution in [2.24, 2.45) is 0 Å². The van der Waals surface area contributed by atoms with Crippen molar-refractivity contribution in [3.8, 4) is 11.5 Å². The van der Waals surface area contributed by atoms with Crippen LogP contribution in [-0.4, -0.2) is 31.8 Å². The molecule has 5 heteroatoms. The third-order valence-electron chi connectivity index (χ3n) is 3.55. The van der Waals surface area contributed by atoms with E-state index in [1.54, 1.807) is 32.4 Å². The van der Waals surface area contributed by atoms with Crippen molar-refractivity contribution in [2.45, 2.75) is 45.1 Å². The summed E-state index contributed by atoms with van der Waals surface area (Å²) in [5.74, 6) is 1.21. The molecule has 0 aromatic heterocycles. The highest BCUT2D eigenvalue weighted by Crippen LogP contribution is 2.31. The Morgan fingerprint density at radius 2 is 2.05 bits per heavy atom. The van der Waals surface area contributed by atoms with Crippen LogP contribution in [0, 0.1) is 0 Å². The quantitative estimate of drug-likeness (QED) is 0.652. The Morgan fingerprint density at radius 3 is 2.68 bits per heavy atom. The van der Waals surface area contributed by atoms with Crippen molar-refractivity contribution in [3.63, 3.8) is 0 Å². The monoisotopic (exact) mass is 309 g/mol. The molecule has 0 spiro atoms. The van der Waals surface area contributed by atoms with E-state index in [9.17, 15) is 9.90 Å². The lowest BCUT2D eigenvalue weighted by Crippen LogP contribution is -2.24. The van der Waals surface area contributed by atoms with Crippen LogP contribution >= 0.6 is 0 Å². The van der Waals surface area contributed by atoms with E-state index in [0.29, 0.717) is 36.4 Å². The molecule has 0 aliphatic heterocycles. The molecule has 1 aromatic carbocycles. The molecule has 1 rings (SSSR count). The van der Waals surface area contributed by atoms with Gasteiger partial charge in [0.2, 0.25) is 5.91 Å². The molecule has 1 aromatic rings. The third kappa shape index (κ3) is 5.93. The summed E-state index contributed by atoms with van der Waals surface area (Å²) in [4.78, 5) is 11.7. The number of hydrogen-bond donors (Lipinski definition) is 2. The number of aliphatic hydroxyl groups excluding tert-OH is 1. The summed E-state index contributed by atoms with van der Waals surface area (Å²) in [6, 6.07) is 5.26. The largest absolute Gasteiger partial charge is 0.497 e. The number of carbonyl (C=O) groups is 1. The molecule has 1 unspecified atom stereocenters. The van der Waals surface area contributed by atoms with E-state index in [1.165, 1.54) is 0 Å². The van der Waals surface area contributed by atoms with Crippen molar-refractivity contribution < 1.29 is 19.4 Å². The molecule has 0 saturated heterocycles.